The maximum absolute atomic E-state index is 12.6. The minimum atomic E-state index is -0.205. The van der Waals surface area contributed by atoms with Crippen LogP contribution in [0.4, 0.5) is 5.69 Å². The molecule has 0 aliphatic carbocycles. The number of rotatable bonds is 8. The maximum Gasteiger partial charge on any atom is 0.242 e. The second kappa shape index (κ2) is 9.02. The summed E-state index contributed by atoms with van der Waals surface area (Å²) in [6.07, 6.45) is 1.70. The van der Waals surface area contributed by atoms with Crippen molar-refractivity contribution in [2.24, 2.45) is 0 Å². The first kappa shape index (κ1) is 20.1. The van der Waals surface area contributed by atoms with E-state index in [2.05, 4.69) is 26.5 Å². The molecule has 0 N–H and O–H groups in total. The van der Waals surface area contributed by atoms with E-state index in [0.717, 1.165) is 11.3 Å². The molecule has 148 valence electrons. The average molecular weight is 402 g/mol. The monoisotopic (exact) mass is 401 g/mol. The summed E-state index contributed by atoms with van der Waals surface area (Å²) in [7, 11) is 0. The van der Waals surface area contributed by atoms with Crippen molar-refractivity contribution in [2.75, 3.05) is 24.2 Å². The number of fused-ring (bicyclic) bond motifs is 1. The largest absolute Gasteiger partial charge is 0.489 e. The molecule has 0 spiro atoms. The fraction of sp³-hybridized carbons (Fsp3) is 0.318. The molecule has 2 aromatic carbocycles. The molecule has 5 nitrogen and oxygen atoms in total. The van der Waals surface area contributed by atoms with Crippen molar-refractivity contribution in [1.82, 2.24) is 0 Å². The molecule has 0 saturated carbocycles. The standard InChI is InChI=1S/C22H24ClNO4/c1-4-9-26-20-10-16(15(2)3)5-6-17(20)13-24(22(25)12-23)18-7-8-19-21(11-18)28-14-27-19/h4-8,10-11,15H,1,9,12-14H2,2-3H3. The van der Waals surface area contributed by atoms with Crippen molar-refractivity contribution in [1.29, 1.82) is 0 Å². The van der Waals surface area contributed by atoms with Crippen molar-refractivity contribution < 1.29 is 19.0 Å². The van der Waals surface area contributed by atoms with Crippen molar-refractivity contribution in [3.05, 3.63) is 60.2 Å². The van der Waals surface area contributed by atoms with E-state index in [9.17, 15) is 4.79 Å². The highest BCUT2D eigenvalue weighted by Gasteiger charge is 2.21. The van der Waals surface area contributed by atoms with Crippen LogP contribution in [0.15, 0.2) is 49.1 Å². The third-order valence-corrected chi connectivity index (χ3v) is 4.75. The molecule has 1 heterocycles. The zero-order valence-electron chi connectivity index (χ0n) is 16.1. The number of benzene rings is 2. The van der Waals surface area contributed by atoms with E-state index in [-0.39, 0.29) is 18.6 Å². The minimum Gasteiger partial charge on any atom is -0.489 e. The number of ether oxygens (including phenoxy) is 3. The van der Waals surface area contributed by atoms with Crippen molar-refractivity contribution in [3.63, 3.8) is 0 Å². The van der Waals surface area contributed by atoms with Gasteiger partial charge in [-0.2, -0.15) is 0 Å². The van der Waals surface area contributed by atoms with Gasteiger partial charge in [-0.25, -0.2) is 0 Å². The Bertz CT molecular complexity index is 866. The lowest BCUT2D eigenvalue weighted by Crippen LogP contribution is -2.31. The van der Waals surface area contributed by atoms with E-state index in [4.69, 9.17) is 25.8 Å². The highest BCUT2D eigenvalue weighted by atomic mass is 35.5. The molecule has 0 aromatic heterocycles. The lowest BCUT2D eigenvalue weighted by atomic mass is 10.0. The SMILES string of the molecule is C=CCOc1cc(C(C)C)ccc1CN(C(=O)CCl)c1ccc2c(c1)OCO2. The molecule has 0 unspecified atom stereocenters. The number of amides is 1. The van der Waals surface area contributed by atoms with Gasteiger partial charge in [-0.3, -0.25) is 4.79 Å². The van der Waals surface area contributed by atoms with Gasteiger partial charge in [-0.05, 0) is 29.7 Å². The Labute approximate surface area is 170 Å². The van der Waals surface area contributed by atoms with Crippen LogP contribution in [0.5, 0.6) is 17.2 Å². The maximum atomic E-state index is 12.6. The van der Waals surface area contributed by atoms with Gasteiger partial charge in [0.1, 0.15) is 18.2 Å². The molecule has 1 aliphatic rings. The van der Waals surface area contributed by atoms with Gasteiger partial charge in [0.05, 0.1) is 6.54 Å². The number of halogens is 1. The summed E-state index contributed by atoms with van der Waals surface area (Å²) in [6.45, 7) is 8.87. The first-order valence-corrected chi connectivity index (χ1v) is 9.69. The molecule has 6 heteroatoms. The lowest BCUT2D eigenvalue weighted by molar-refractivity contribution is -0.116. The molecular weight excluding hydrogens is 378 g/mol. The first-order valence-electron chi connectivity index (χ1n) is 9.16. The normalized spacial score (nSPS) is 12.1. The van der Waals surface area contributed by atoms with Crippen LogP contribution in [0.3, 0.4) is 0 Å². The number of alkyl halides is 1. The third-order valence-electron chi connectivity index (χ3n) is 4.53. The molecule has 0 radical (unpaired) electrons. The molecule has 3 rings (SSSR count). The van der Waals surface area contributed by atoms with Crippen LogP contribution in [0.2, 0.25) is 0 Å². The van der Waals surface area contributed by atoms with Gasteiger partial charge in [-0.15, -0.1) is 11.6 Å². The Morgan fingerprint density at radius 2 is 2.04 bits per heavy atom. The second-order valence-corrected chi connectivity index (χ2v) is 7.04. The quantitative estimate of drug-likeness (QED) is 0.467. The van der Waals surface area contributed by atoms with Gasteiger partial charge in [0, 0.05) is 17.3 Å². The number of hydrogen-bond donors (Lipinski definition) is 0. The van der Waals surface area contributed by atoms with E-state index in [1.807, 2.05) is 18.2 Å². The topological polar surface area (TPSA) is 48.0 Å². The van der Waals surface area contributed by atoms with Gasteiger partial charge >= 0.3 is 0 Å². The number of carbonyl (C=O) groups is 1. The van der Waals surface area contributed by atoms with E-state index < -0.39 is 0 Å². The lowest BCUT2D eigenvalue weighted by Gasteiger charge is -2.24. The Balaban J connectivity index is 1.94. The van der Waals surface area contributed by atoms with E-state index >= 15 is 0 Å². The summed E-state index contributed by atoms with van der Waals surface area (Å²) in [5.74, 6) is 2.06. The molecule has 0 atom stereocenters. The molecule has 1 amide bonds. The Kier molecular flexibility index (Phi) is 6.47. The van der Waals surface area contributed by atoms with E-state index in [1.165, 1.54) is 5.56 Å². The van der Waals surface area contributed by atoms with Crippen LogP contribution < -0.4 is 19.1 Å². The summed E-state index contributed by atoms with van der Waals surface area (Å²) in [5, 5.41) is 0. The third kappa shape index (κ3) is 4.42. The molecule has 0 bridgehead atoms. The highest BCUT2D eigenvalue weighted by Crippen LogP contribution is 2.36. The van der Waals surface area contributed by atoms with Crippen LogP contribution in [-0.4, -0.2) is 25.2 Å². The summed E-state index contributed by atoms with van der Waals surface area (Å²) in [4.78, 5) is 14.2. The summed E-state index contributed by atoms with van der Waals surface area (Å²) >= 11 is 5.88. The van der Waals surface area contributed by atoms with Gasteiger partial charge < -0.3 is 19.1 Å². The summed E-state index contributed by atoms with van der Waals surface area (Å²) in [6, 6.07) is 11.5. The molecule has 28 heavy (non-hydrogen) atoms. The van der Waals surface area contributed by atoms with Crippen molar-refractivity contribution in [3.8, 4) is 17.2 Å². The van der Waals surface area contributed by atoms with Crippen molar-refractivity contribution in [2.45, 2.75) is 26.3 Å². The van der Waals surface area contributed by atoms with Crippen LogP contribution >= 0.6 is 11.6 Å². The fourth-order valence-electron chi connectivity index (χ4n) is 2.96. The van der Waals surface area contributed by atoms with E-state index in [0.29, 0.717) is 36.3 Å². The number of nitrogens with zero attached hydrogens (tertiary/aromatic N) is 1. The number of hydrogen-bond acceptors (Lipinski definition) is 4. The van der Waals surface area contributed by atoms with Gasteiger partial charge in [0.15, 0.2) is 11.5 Å². The smallest absolute Gasteiger partial charge is 0.242 e. The Morgan fingerprint density at radius 3 is 2.75 bits per heavy atom. The molecule has 0 saturated heterocycles. The van der Waals surface area contributed by atoms with Crippen LogP contribution in [-0.2, 0) is 11.3 Å². The highest BCUT2D eigenvalue weighted by molar-refractivity contribution is 6.29. The number of carbonyl (C=O) groups excluding carboxylic acids is 1. The molecular formula is C22H24ClNO4. The Hall–Kier alpha value is -2.66. The van der Waals surface area contributed by atoms with Gasteiger partial charge in [0.25, 0.3) is 0 Å². The number of anilines is 1. The minimum absolute atomic E-state index is 0.124. The van der Waals surface area contributed by atoms with Crippen LogP contribution in [0.1, 0.15) is 30.9 Å². The second-order valence-electron chi connectivity index (χ2n) is 6.77. The predicted molar refractivity (Wildman–Crippen MR) is 111 cm³/mol. The first-order chi connectivity index (χ1) is 13.5. The molecule has 1 aliphatic heterocycles. The average Bonchev–Trinajstić information content (AvgIpc) is 3.18. The van der Waals surface area contributed by atoms with Crippen LogP contribution in [0.25, 0.3) is 0 Å². The zero-order valence-corrected chi connectivity index (χ0v) is 16.9. The predicted octanol–water partition coefficient (Wildman–Crippen LogP) is 4.88. The molecule has 0 fully saturated rings. The zero-order chi connectivity index (χ0) is 20.1. The molecule has 2 aromatic rings. The Morgan fingerprint density at radius 1 is 1.25 bits per heavy atom. The summed E-state index contributed by atoms with van der Waals surface area (Å²) < 4.78 is 16.7. The van der Waals surface area contributed by atoms with Gasteiger partial charge in [0.2, 0.25) is 12.7 Å². The van der Waals surface area contributed by atoms with Crippen LogP contribution in [0, 0.1) is 0 Å². The van der Waals surface area contributed by atoms with E-state index in [1.54, 1.807) is 23.1 Å². The summed E-state index contributed by atoms with van der Waals surface area (Å²) in [5.41, 5.74) is 2.75. The fourth-order valence-corrected chi connectivity index (χ4v) is 3.11. The van der Waals surface area contributed by atoms with Crippen molar-refractivity contribution >= 4 is 23.2 Å². The van der Waals surface area contributed by atoms with Gasteiger partial charge in [-0.1, -0.05) is 38.6 Å².